The minimum Gasteiger partial charge on any atom is -0.485 e. The van der Waals surface area contributed by atoms with Crippen LogP contribution in [0, 0.1) is 0 Å². The maximum atomic E-state index is 12.7. The van der Waals surface area contributed by atoms with Gasteiger partial charge < -0.3 is 19.9 Å². The maximum Gasteiger partial charge on any atom is 0.255 e. The van der Waals surface area contributed by atoms with Gasteiger partial charge in [-0.05, 0) is 18.6 Å². The number of amides is 3. The zero-order valence-electron chi connectivity index (χ0n) is 16.6. The Morgan fingerprint density at radius 2 is 1.83 bits per heavy atom. The highest BCUT2D eigenvalue weighted by Crippen LogP contribution is 2.33. The SMILES string of the molecule is O=C1NCC2(CCC(=O)N(CC(=O)N3CCS(=O)(=O)CC3)CC2)Oc2ccccc21. The van der Waals surface area contributed by atoms with Crippen LogP contribution in [0.15, 0.2) is 24.3 Å². The number of ether oxygens (including phenoxy) is 1. The van der Waals surface area contributed by atoms with Crippen molar-refractivity contribution >= 4 is 27.6 Å². The third-order valence-corrected chi connectivity index (χ3v) is 7.65. The van der Waals surface area contributed by atoms with E-state index < -0.39 is 15.4 Å². The van der Waals surface area contributed by atoms with Crippen LogP contribution in [0.3, 0.4) is 0 Å². The Bertz CT molecular complexity index is 965. The van der Waals surface area contributed by atoms with E-state index in [1.54, 1.807) is 24.3 Å². The summed E-state index contributed by atoms with van der Waals surface area (Å²) in [5, 5.41) is 2.89. The molecule has 1 atom stereocenters. The van der Waals surface area contributed by atoms with Crippen LogP contribution in [0.1, 0.15) is 29.6 Å². The van der Waals surface area contributed by atoms with Crippen molar-refractivity contribution in [3.05, 3.63) is 29.8 Å². The number of nitrogens with zero attached hydrogens (tertiary/aromatic N) is 2. The van der Waals surface area contributed by atoms with Crippen LogP contribution in [0.25, 0.3) is 0 Å². The third-order valence-electron chi connectivity index (χ3n) is 6.04. The summed E-state index contributed by atoms with van der Waals surface area (Å²) in [6.45, 7) is 0.879. The topological polar surface area (TPSA) is 113 Å². The van der Waals surface area contributed by atoms with Gasteiger partial charge in [-0.15, -0.1) is 0 Å². The first-order valence-electron chi connectivity index (χ1n) is 10.1. The van der Waals surface area contributed by atoms with Crippen molar-refractivity contribution < 1.29 is 27.5 Å². The van der Waals surface area contributed by atoms with Crippen LogP contribution in [0.4, 0.5) is 0 Å². The molecule has 1 spiro atoms. The number of benzene rings is 1. The van der Waals surface area contributed by atoms with E-state index in [-0.39, 0.29) is 55.3 Å². The summed E-state index contributed by atoms with van der Waals surface area (Å²) in [4.78, 5) is 40.7. The minimum absolute atomic E-state index is 0.0389. The molecule has 0 aliphatic carbocycles. The molecule has 2 saturated heterocycles. The van der Waals surface area contributed by atoms with Crippen LogP contribution >= 0.6 is 0 Å². The summed E-state index contributed by atoms with van der Waals surface area (Å²) in [5.41, 5.74) is -0.244. The molecule has 0 bridgehead atoms. The first-order valence-corrected chi connectivity index (χ1v) is 11.9. The van der Waals surface area contributed by atoms with Crippen molar-refractivity contribution in [1.29, 1.82) is 0 Å². The molecule has 0 saturated carbocycles. The predicted octanol–water partition coefficient (Wildman–Crippen LogP) is -0.183. The van der Waals surface area contributed by atoms with E-state index in [1.165, 1.54) is 9.80 Å². The Balaban J connectivity index is 1.43. The van der Waals surface area contributed by atoms with Gasteiger partial charge in [-0.2, -0.15) is 0 Å². The van der Waals surface area contributed by atoms with E-state index in [0.717, 1.165) is 0 Å². The lowest BCUT2D eigenvalue weighted by Crippen LogP contribution is -2.49. The van der Waals surface area contributed by atoms with E-state index in [9.17, 15) is 22.8 Å². The summed E-state index contributed by atoms with van der Waals surface area (Å²) in [7, 11) is -3.08. The van der Waals surface area contributed by atoms with E-state index >= 15 is 0 Å². The number of para-hydroxylation sites is 1. The number of carbonyl (C=O) groups excluding carboxylic acids is 3. The van der Waals surface area contributed by atoms with Crippen molar-refractivity contribution in [1.82, 2.24) is 15.1 Å². The zero-order valence-corrected chi connectivity index (χ0v) is 17.4. The highest BCUT2D eigenvalue weighted by molar-refractivity contribution is 7.91. The average Bonchev–Trinajstić information content (AvgIpc) is 2.96. The van der Waals surface area contributed by atoms with Crippen LogP contribution < -0.4 is 10.1 Å². The summed E-state index contributed by atoms with van der Waals surface area (Å²) in [6, 6.07) is 7.03. The van der Waals surface area contributed by atoms with Crippen LogP contribution in [0.2, 0.25) is 0 Å². The quantitative estimate of drug-likeness (QED) is 0.689. The van der Waals surface area contributed by atoms with Crippen molar-refractivity contribution in [3.63, 3.8) is 0 Å². The molecule has 1 aromatic rings. The Kier molecular flexibility index (Phi) is 5.44. The van der Waals surface area contributed by atoms with Gasteiger partial charge in [0.15, 0.2) is 9.84 Å². The average molecular weight is 436 g/mol. The zero-order chi connectivity index (χ0) is 21.4. The van der Waals surface area contributed by atoms with Crippen molar-refractivity contribution in [2.75, 3.05) is 44.2 Å². The lowest BCUT2D eigenvalue weighted by Gasteiger charge is -2.32. The van der Waals surface area contributed by atoms with Gasteiger partial charge in [0.1, 0.15) is 11.4 Å². The first kappa shape index (κ1) is 20.6. The van der Waals surface area contributed by atoms with Crippen molar-refractivity contribution in [2.45, 2.75) is 24.9 Å². The second-order valence-corrected chi connectivity index (χ2v) is 10.4. The summed E-state index contributed by atoms with van der Waals surface area (Å²) >= 11 is 0. The minimum atomic E-state index is -3.08. The Hall–Kier alpha value is -2.62. The molecule has 30 heavy (non-hydrogen) atoms. The summed E-state index contributed by atoms with van der Waals surface area (Å²) in [6.07, 6.45) is 1.13. The van der Waals surface area contributed by atoms with E-state index in [0.29, 0.717) is 37.2 Å². The molecule has 1 unspecified atom stereocenters. The number of sulfone groups is 1. The molecule has 2 fully saturated rings. The molecular weight excluding hydrogens is 410 g/mol. The fraction of sp³-hybridized carbons (Fsp3) is 0.550. The molecule has 3 amide bonds. The molecule has 3 heterocycles. The van der Waals surface area contributed by atoms with Gasteiger partial charge in [-0.3, -0.25) is 14.4 Å². The number of hydrogen-bond acceptors (Lipinski definition) is 6. The Morgan fingerprint density at radius 3 is 2.60 bits per heavy atom. The van der Waals surface area contributed by atoms with E-state index in [2.05, 4.69) is 5.32 Å². The molecule has 1 aromatic carbocycles. The normalized spacial score (nSPS) is 26.3. The summed E-state index contributed by atoms with van der Waals surface area (Å²) in [5.74, 6) is -0.165. The number of nitrogens with one attached hydrogen (secondary N) is 1. The number of likely N-dealkylation sites (tertiary alicyclic amines) is 1. The number of hydrogen-bond donors (Lipinski definition) is 1. The molecule has 4 rings (SSSR count). The molecule has 3 aliphatic heterocycles. The van der Waals surface area contributed by atoms with Crippen LogP contribution in [-0.4, -0.2) is 85.8 Å². The lowest BCUT2D eigenvalue weighted by molar-refractivity contribution is -0.140. The second kappa shape index (κ2) is 7.90. The molecule has 3 aliphatic rings. The highest BCUT2D eigenvalue weighted by atomic mass is 32.2. The number of rotatable bonds is 2. The second-order valence-electron chi connectivity index (χ2n) is 8.06. The Labute approximate surface area is 175 Å². The van der Waals surface area contributed by atoms with E-state index in [4.69, 9.17) is 4.74 Å². The standard InChI is InChI=1S/C20H25N3O6S/c24-17-5-6-20(14-21-19(26)15-3-1-2-4-16(15)29-20)7-8-23(17)13-18(25)22-9-11-30(27,28)12-10-22/h1-4H,5-14H2,(H,21,26). The van der Waals surface area contributed by atoms with Gasteiger partial charge in [0.25, 0.3) is 5.91 Å². The first-order chi connectivity index (χ1) is 14.3. The largest absolute Gasteiger partial charge is 0.485 e. The van der Waals surface area contributed by atoms with Gasteiger partial charge in [0.05, 0.1) is 30.2 Å². The predicted molar refractivity (Wildman–Crippen MR) is 108 cm³/mol. The van der Waals surface area contributed by atoms with Gasteiger partial charge in [0, 0.05) is 32.5 Å². The maximum absolute atomic E-state index is 12.7. The van der Waals surface area contributed by atoms with Crippen molar-refractivity contribution in [2.24, 2.45) is 0 Å². The molecule has 0 aromatic heterocycles. The molecule has 0 radical (unpaired) electrons. The highest BCUT2D eigenvalue weighted by Gasteiger charge is 2.40. The van der Waals surface area contributed by atoms with Gasteiger partial charge in [-0.25, -0.2) is 8.42 Å². The molecule has 162 valence electrons. The van der Waals surface area contributed by atoms with E-state index in [1.807, 2.05) is 0 Å². The Morgan fingerprint density at radius 1 is 1.10 bits per heavy atom. The van der Waals surface area contributed by atoms with Crippen LogP contribution in [-0.2, 0) is 19.4 Å². The molecule has 1 N–H and O–H groups in total. The fourth-order valence-electron chi connectivity index (χ4n) is 4.10. The van der Waals surface area contributed by atoms with Crippen LogP contribution in [0.5, 0.6) is 5.75 Å². The number of fused-ring (bicyclic) bond motifs is 1. The van der Waals surface area contributed by atoms with Gasteiger partial charge in [-0.1, -0.05) is 12.1 Å². The smallest absolute Gasteiger partial charge is 0.255 e. The van der Waals surface area contributed by atoms with Gasteiger partial charge >= 0.3 is 0 Å². The monoisotopic (exact) mass is 435 g/mol. The molecule has 10 heteroatoms. The van der Waals surface area contributed by atoms with Crippen molar-refractivity contribution in [3.8, 4) is 5.75 Å². The summed E-state index contributed by atoms with van der Waals surface area (Å²) < 4.78 is 29.4. The molecular formula is C20H25N3O6S. The number of carbonyl (C=O) groups is 3. The lowest BCUT2D eigenvalue weighted by atomic mass is 9.94. The third kappa shape index (κ3) is 4.28. The fourth-order valence-corrected chi connectivity index (χ4v) is 5.30. The van der Waals surface area contributed by atoms with Gasteiger partial charge in [0.2, 0.25) is 11.8 Å². The molecule has 9 nitrogen and oxygen atoms in total.